The third-order valence-corrected chi connectivity index (χ3v) is 3.64. The van der Waals surface area contributed by atoms with Gasteiger partial charge in [0.15, 0.2) is 0 Å². The van der Waals surface area contributed by atoms with E-state index in [0.717, 1.165) is 33.6 Å². The quantitative estimate of drug-likeness (QED) is 0.561. The molecule has 0 amide bonds. The molecule has 0 saturated carbocycles. The van der Waals surface area contributed by atoms with E-state index in [1.165, 1.54) is 0 Å². The summed E-state index contributed by atoms with van der Waals surface area (Å²) >= 11 is 0. The molecule has 0 spiro atoms. The number of benzene rings is 2. The second-order valence-electron chi connectivity index (χ2n) is 4.83. The SMILES string of the molecule is COc1ccc(-c2cnc3c4ccccc4ncn23)cc1. The number of methoxy groups -OCH3 is 1. The molecule has 0 aliphatic carbocycles. The van der Waals surface area contributed by atoms with Crippen LogP contribution in [-0.2, 0) is 0 Å². The molecule has 0 bridgehead atoms. The van der Waals surface area contributed by atoms with Crippen LogP contribution in [0.4, 0.5) is 0 Å². The molecule has 0 unspecified atom stereocenters. The largest absolute Gasteiger partial charge is 0.497 e. The van der Waals surface area contributed by atoms with Crippen LogP contribution in [0.3, 0.4) is 0 Å². The number of rotatable bonds is 2. The monoisotopic (exact) mass is 275 g/mol. The Morgan fingerprint density at radius 3 is 2.57 bits per heavy atom. The van der Waals surface area contributed by atoms with Gasteiger partial charge in [0.05, 0.1) is 24.5 Å². The Kier molecular flexibility index (Phi) is 2.60. The van der Waals surface area contributed by atoms with Crippen molar-refractivity contribution in [2.45, 2.75) is 0 Å². The zero-order valence-electron chi connectivity index (χ0n) is 11.5. The number of para-hydroxylation sites is 1. The minimum atomic E-state index is 0.844. The number of fused-ring (bicyclic) bond motifs is 3. The van der Waals surface area contributed by atoms with Crippen LogP contribution in [0.2, 0.25) is 0 Å². The van der Waals surface area contributed by atoms with E-state index in [-0.39, 0.29) is 0 Å². The predicted molar refractivity (Wildman–Crippen MR) is 82.5 cm³/mol. The van der Waals surface area contributed by atoms with Gasteiger partial charge >= 0.3 is 0 Å². The second kappa shape index (κ2) is 4.59. The first-order chi connectivity index (χ1) is 10.4. The first kappa shape index (κ1) is 11.9. The molecule has 102 valence electrons. The van der Waals surface area contributed by atoms with Gasteiger partial charge in [-0.1, -0.05) is 12.1 Å². The molecule has 21 heavy (non-hydrogen) atoms. The van der Waals surface area contributed by atoms with Crippen LogP contribution >= 0.6 is 0 Å². The summed E-state index contributed by atoms with van der Waals surface area (Å²) in [6, 6.07) is 16.0. The lowest BCUT2D eigenvalue weighted by Gasteiger charge is -2.05. The van der Waals surface area contributed by atoms with Crippen molar-refractivity contribution >= 4 is 16.6 Å². The van der Waals surface area contributed by atoms with Crippen molar-refractivity contribution in [3.05, 3.63) is 61.1 Å². The fourth-order valence-electron chi connectivity index (χ4n) is 2.55. The van der Waals surface area contributed by atoms with Gasteiger partial charge in [-0.05, 0) is 36.4 Å². The van der Waals surface area contributed by atoms with Crippen molar-refractivity contribution < 1.29 is 4.74 Å². The maximum atomic E-state index is 5.20. The molecular weight excluding hydrogens is 262 g/mol. The van der Waals surface area contributed by atoms with Gasteiger partial charge in [-0.3, -0.25) is 4.40 Å². The lowest BCUT2D eigenvalue weighted by Crippen LogP contribution is -1.92. The van der Waals surface area contributed by atoms with E-state index in [4.69, 9.17) is 4.74 Å². The number of nitrogens with zero attached hydrogens (tertiary/aromatic N) is 3. The summed E-state index contributed by atoms with van der Waals surface area (Å²) < 4.78 is 7.21. The van der Waals surface area contributed by atoms with Gasteiger partial charge in [0, 0.05) is 10.9 Å². The molecule has 0 fully saturated rings. The lowest BCUT2D eigenvalue weighted by atomic mass is 10.1. The third kappa shape index (κ3) is 1.84. The van der Waals surface area contributed by atoms with E-state index < -0.39 is 0 Å². The number of ether oxygens (including phenoxy) is 1. The van der Waals surface area contributed by atoms with E-state index in [1.807, 2.05) is 65.5 Å². The van der Waals surface area contributed by atoms with Crippen LogP contribution in [0, 0.1) is 0 Å². The molecule has 0 atom stereocenters. The highest BCUT2D eigenvalue weighted by atomic mass is 16.5. The van der Waals surface area contributed by atoms with Crippen LogP contribution in [-0.4, -0.2) is 21.5 Å². The summed E-state index contributed by atoms with van der Waals surface area (Å²) in [4.78, 5) is 9.06. The molecule has 2 aromatic carbocycles. The Balaban J connectivity index is 1.95. The highest BCUT2D eigenvalue weighted by Gasteiger charge is 2.09. The van der Waals surface area contributed by atoms with E-state index in [1.54, 1.807) is 7.11 Å². The number of imidazole rings is 1. The average Bonchev–Trinajstić information content (AvgIpc) is 2.99. The van der Waals surface area contributed by atoms with Gasteiger partial charge in [-0.2, -0.15) is 0 Å². The molecule has 0 radical (unpaired) electrons. The molecule has 0 saturated heterocycles. The van der Waals surface area contributed by atoms with E-state index >= 15 is 0 Å². The zero-order valence-corrected chi connectivity index (χ0v) is 11.5. The molecule has 0 aliphatic heterocycles. The Morgan fingerprint density at radius 1 is 0.952 bits per heavy atom. The van der Waals surface area contributed by atoms with Crippen LogP contribution in [0.1, 0.15) is 0 Å². The highest BCUT2D eigenvalue weighted by Crippen LogP contribution is 2.25. The minimum absolute atomic E-state index is 0.844. The number of hydrogen-bond acceptors (Lipinski definition) is 3. The third-order valence-electron chi connectivity index (χ3n) is 3.64. The normalized spacial score (nSPS) is 11.1. The van der Waals surface area contributed by atoms with E-state index in [2.05, 4.69) is 9.97 Å². The summed E-state index contributed by atoms with van der Waals surface area (Å²) in [5.41, 5.74) is 3.98. The van der Waals surface area contributed by atoms with Crippen molar-refractivity contribution in [2.75, 3.05) is 7.11 Å². The number of aromatic nitrogens is 3. The molecule has 2 heterocycles. The van der Waals surface area contributed by atoms with Gasteiger partial charge < -0.3 is 4.74 Å². The molecule has 4 nitrogen and oxygen atoms in total. The topological polar surface area (TPSA) is 39.4 Å². The van der Waals surface area contributed by atoms with Crippen molar-refractivity contribution in [1.82, 2.24) is 14.4 Å². The Hall–Kier alpha value is -2.88. The molecule has 4 aromatic rings. The van der Waals surface area contributed by atoms with Crippen LogP contribution in [0.25, 0.3) is 27.8 Å². The molecular formula is C17H13N3O. The maximum absolute atomic E-state index is 5.20. The van der Waals surface area contributed by atoms with Gasteiger partial charge in [-0.25, -0.2) is 9.97 Å². The summed E-state index contributed by atoms with van der Waals surface area (Å²) in [5.74, 6) is 0.844. The summed E-state index contributed by atoms with van der Waals surface area (Å²) in [6.45, 7) is 0. The lowest BCUT2D eigenvalue weighted by molar-refractivity contribution is 0.415. The van der Waals surface area contributed by atoms with Crippen molar-refractivity contribution in [3.8, 4) is 17.0 Å². The van der Waals surface area contributed by atoms with Gasteiger partial charge in [0.1, 0.15) is 17.7 Å². The molecule has 0 aliphatic rings. The summed E-state index contributed by atoms with van der Waals surface area (Å²) in [5, 5.41) is 1.06. The fraction of sp³-hybridized carbons (Fsp3) is 0.0588. The first-order valence-electron chi connectivity index (χ1n) is 6.72. The maximum Gasteiger partial charge on any atom is 0.147 e. The van der Waals surface area contributed by atoms with Crippen LogP contribution < -0.4 is 4.74 Å². The Morgan fingerprint density at radius 2 is 1.76 bits per heavy atom. The smallest absolute Gasteiger partial charge is 0.147 e. The standard InChI is InChI=1S/C17H13N3O/c1-21-13-8-6-12(7-9-13)16-10-18-17-14-4-2-3-5-15(14)19-11-20(16)17/h2-11H,1H3. The predicted octanol–water partition coefficient (Wildman–Crippen LogP) is 3.56. The first-order valence-corrected chi connectivity index (χ1v) is 6.72. The van der Waals surface area contributed by atoms with Gasteiger partial charge in [-0.15, -0.1) is 0 Å². The van der Waals surface area contributed by atoms with Crippen molar-refractivity contribution in [3.63, 3.8) is 0 Å². The fourth-order valence-corrected chi connectivity index (χ4v) is 2.55. The van der Waals surface area contributed by atoms with Crippen LogP contribution in [0.15, 0.2) is 61.1 Å². The van der Waals surface area contributed by atoms with Crippen LogP contribution in [0.5, 0.6) is 5.75 Å². The van der Waals surface area contributed by atoms with Crippen molar-refractivity contribution in [2.24, 2.45) is 0 Å². The molecule has 4 rings (SSSR count). The molecule has 4 heteroatoms. The molecule has 2 aromatic heterocycles. The van der Waals surface area contributed by atoms with Gasteiger partial charge in [0.25, 0.3) is 0 Å². The van der Waals surface area contributed by atoms with E-state index in [9.17, 15) is 0 Å². The minimum Gasteiger partial charge on any atom is -0.497 e. The highest BCUT2D eigenvalue weighted by molar-refractivity contribution is 5.92. The average molecular weight is 275 g/mol. The number of hydrogen-bond donors (Lipinski definition) is 0. The van der Waals surface area contributed by atoms with E-state index in [0.29, 0.717) is 0 Å². The Bertz CT molecular complexity index is 926. The summed E-state index contributed by atoms with van der Waals surface area (Å²) in [6.07, 6.45) is 3.70. The zero-order chi connectivity index (χ0) is 14.2. The molecule has 0 N–H and O–H groups in total. The Labute approximate surface area is 121 Å². The van der Waals surface area contributed by atoms with Crippen molar-refractivity contribution in [1.29, 1.82) is 0 Å². The second-order valence-corrected chi connectivity index (χ2v) is 4.83. The summed E-state index contributed by atoms with van der Waals surface area (Å²) in [7, 11) is 1.67. The van der Waals surface area contributed by atoms with Gasteiger partial charge in [0.2, 0.25) is 0 Å².